The molecule has 0 saturated heterocycles. The van der Waals surface area contributed by atoms with Crippen LogP contribution in [0.1, 0.15) is 10.4 Å². The number of hydrogen-bond donors (Lipinski definition) is 1. The zero-order valence-corrected chi connectivity index (χ0v) is 11.2. The first-order chi connectivity index (χ1) is 7.67. The monoisotopic (exact) mass is 305 g/mol. The summed E-state index contributed by atoms with van der Waals surface area (Å²) in [6.07, 6.45) is 0. The molecule has 0 aromatic heterocycles. The van der Waals surface area contributed by atoms with Gasteiger partial charge in [0, 0.05) is 23.0 Å². The minimum absolute atomic E-state index is 0.0449. The Kier molecular flexibility index (Phi) is 5.80. The predicted molar refractivity (Wildman–Crippen MR) is 68.4 cm³/mol. The molecule has 16 heavy (non-hydrogen) atoms. The Morgan fingerprint density at radius 2 is 2.38 bits per heavy atom. The molecule has 0 radical (unpaired) electrons. The Hall–Kier alpha value is -0.580. The zero-order chi connectivity index (χ0) is 12.0. The smallest absolute Gasteiger partial charge is 0.251 e. The fourth-order valence-corrected chi connectivity index (χ4v) is 1.76. The highest BCUT2D eigenvalue weighted by Crippen LogP contribution is 2.10. The molecule has 1 N–H and O–H groups in total. The highest BCUT2D eigenvalue weighted by Gasteiger charge is 2.12. The lowest BCUT2D eigenvalue weighted by Crippen LogP contribution is -2.39. The maximum Gasteiger partial charge on any atom is 0.251 e. The number of ether oxygens (including phenoxy) is 1. The first kappa shape index (κ1) is 13.5. The Morgan fingerprint density at radius 1 is 1.62 bits per heavy atom. The standard InChI is InChI=1S/C11H13BrClNO2/c1-16-7-10(6-12)14-11(15)8-3-2-4-9(13)5-8/h2-5,10H,6-7H2,1H3,(H,14,15). The van der Waals surface area contributed by atoms with E-state index in [4.69, 9.17) is 16.3 Å². The average Bonchev–Trinajstić information content (AvgIpc) is 2.28. The van der Waals surface area contributed by atoms with E-state index in [1.165, 1.54) is 0 Å². The van der Waals surface area contributed by atoms with Crippen LogP contribution in [0.2, 0.25) is 5.02 Å². The molecule has 1 amide bonds. The van der Waals surface area contributed by atoms with Crippen molar-refractivity contribution in [2.24, 2.45) is 0 Å². The quantitative estimate of drug-likeness (QED) is 0.849. The van der Waals surface area contributed by atoms with E-state index >= 15 is 0 Å². The first-order valence-electron chi connectivity index (χ1n) is 4.78. The second-order valence-corrected chi connectivity index (χ2v) is 4.37. The van der Waals surface area contributed by atoms with E-state index in [1.54, 1.807) is 31.4 Å². The SMILES string of the molecule is COCC(CBr)NC(=O)c1cccc(Cl)c1. The third-order valence-corrected chi connectivity index (χ3v) is 2.99. The largest absolute Gasteiger partial charge is 0.383 e. The molecular formula is C11H13BrClNO2. The molecule has 0 saturated carbocycles. The van der Waals surface area contributed by atoms with Crippen LogP contribution in [0.4, 0.5) is 0 Å². The minimum Gasteiger partial charge on any atom is -0.383 e. The molecule has 0 aliphatic rings. The van der Waals surface area contributed by atoms with E-state index < -0.39 is 0 Å². The number of rotatable bonds is 5. The molecule has 1 atom stereocenters. The van der Waals surface area contributed by atoms with Crippen LogP contribution in [0.5, 0.6) is 0 Å². The number of carbonyl (C=O) groups is 1. The third kappa shape index (κ3) is 4.12. The Balaban J connectivity index is 2.64. The van der Waals surface area contributed by atoms with Crippen molar-refractivity contribution in [1.29, 1.82) is 0 Å². The number of amides is 1. The van der Waals surface area contributed by atoms with Crippen molar-refractivity contribution in [1.82, 2.24) is 5.32 Å². The maximum atomic E-state index is 11.8. The van der Waals surface area contributed by atoms with E-state index in [2.05, 4.69) is 21.2 Å². The summed E-state index contributed by atoms with van der Waals surface area (Å²) in [5, 5.41) is 4.04. The summed E-state index contributed by atoms with van der Waals surface area (Å²) < 4.78 is 4.98. The molecule has 0 aliphatic carbocycles. The van der Waals surface area contributed by atoms with E-state index in [0.717, 1.165) is 0 Å². The summed E-state index contributed by atoms with van der Waals surface area (Å²) >= 11 is 9.12. The van der Waals surface area contributed by atoms with Crippen molar-refractivity contribution in [2.75, 3.05) is 19.0 Å². The summed E-state index contributed by atoms with van der Waals surface area (Å²) in [6, 6.07) is 6.79. The number of halogens is 2. The third-order valence-electron chi connectivity index (χ3n) is 1.98. The van der Waals surface area contributed by atoms with Crippen molar-refractivity contribution >= 4 is 33.4 Å². The molecular weight excluding hydrogens is 293 g/mol. The number of alkyl halides is 1. The van der Waals surface area contributed by atoms with Crippen LogP contribution < -0.4 is 5.32 Å². The molecule has 1 aromatic rings. The topological polar surface area (TPSA) is 38.3 Å². The van der Waals surface area contributed by atoms with Gasteiger partial charge in [0.05, 0.1) is 12.6 Å². The highest BCUT2D eigenvalue weighted by atomic mass is 79.9. The van der Waals surface area contributed by atoms with Gasteiger partial charge in [-0.25, -0.2) is 0 Å². The summed E-state index contributed by atoms with van der Waals surface area (Å²) in [5.41, 5.74) is 0.551. The molecule has 3 nitrogen and oxygen atoms in total. The summed E-state index contributed by atoms with van der Waals surface area (Å²) in [6.45, 7) is 0.470. The van der Waals surface area contributed by atoms with Gasteiger partial charge in [-0.3, -0.25) is 4.79 Å². The molecule has 88 valence electrons. The van der Waals surface area contributed by atoms with E-state index in [1.807, 2.05) is 0 Å². The fourth-order valence-electron chi connectivity index (χ4n) is 1.22. The average molecular weight is 307 g/mol. The molecule has 0 aliphatic heterocycles. The summed E-state index contributed by atoms with van der Waals surface area (Å²) in [7, 11) is 1.60. The van der Waals surface area contributed by atoms with Gasteiger partial charge in [-0.15, -0.1) is 0 Å². The molecule has 0 fully saturated rings. The zero-order valence-electron chi connectivity index (χ0n) is 8.87. The van der Waals surface area contributed by atoms with Crippen LogP contribution in [-0.4, -0.2) is 31.0 Å². The van der Waals surface area contributed by atoms with Crippen LogP contribution in [0.3, 0.4) is 0 Å². The van der Waals surface area contributed by atoms with Gasteiger partial charge < -0.3 is 10.1 Å². The van der Waals surface area contributed by atoms with Crippen molar-refractivity contribution in [3.8, 4) is 0 Å². The molecule has 0 spiro atoms. The van der Waals surface area contributed by atoms with Crippen molar-refractivity contribution < 1.29 is 9.53 Å². The van der Waals surface area contributed by atoms with Crippen LogP contribution >= 0.6 is 27.5 Å². The van der Waals surface area contributed by atoms with Gasteiger partial charge in [0.15, 0.2) is 0 Å². The second kappa shape index (κ2) is 6.89. The predicted octanol–water partition coefficient (Wildman–Crippen LogP) is 2.48. The number of hydrogen-bond acceptors (Lipinski definition) is 2. The lowest BCUT2D eigenvalue weighted by molar-refractivity contribution is 0.0908. The van der Waals surface area contributed by atoms with Crippen LogP contribution in [0.25, 0.3) is 0 Å². The Morgan fingerprint density at radius 3 is 2.94 bits per heavy atom. The van der Waals surface area contributed by atoms with Crippen molar-refractivity contribution in [3.05, 3.63) is 34.9 Å². The number of carbonyl (C=O) groups excluding carboxylic acids is 1. The van der Waals surface area contributed by atoms with Gasteiger partial charge >= 0.3 is 0 Å². The maximum absolute atomic E-state index is 11.8. The summed E-state index contributed by atoms with van der Waals surface area (Å²) in [5.74, 6) is -0.149. The molecule has 5 heteroatoms. The Labute approximate surface area is 108 Å². The number of benzene rings is 1. The lowest BCUT2D eigenvalue weighted by atomic mass is 10.2. The van der Waals surface area contributed by atoms with Gasteiger partial charge in [0.25, 0.3) is 5.91 Å². The first-order valence-corrected chi connectivity index (χ1v) is 6.28. The van der Waals surface area contributed by atoms with Gasteiger partial charge in [-0.05, 0) is 18.2 Å². The second-order valence-electron chi connectivity index (χ2n) is 3.29. The minimum atomic E-state index is -0.149. The molecule has 1 rings (SSSR count). The van der Waals surface area contributed by atoms with Gasteiger partial charge in [0.2, 0.25) is 0 Å². The van der Waals surface area contributed by atoms with Gasteiger partial charge in [-0.2, -0.15) is 0 Å². The molecule has 0 bridgehead atoms. The van der Waals surface area contributed by atoms with E-state index in [0.29, 0.717) is 22.5 Å². The fraction of sp³-hybridized carbons (Fsp3) is 0.364. The molecule has 1 unspecified atom stereocenters. The van der Waals surface area contributed by atoms with Crippen LogP contribution in [-0.2, 0) is 4.74 Å². The van der Waals surface area contributed by atoms with E-state index in [-0.39, 0.29) is 11.9 Å². The van der Waals surface area contributed by atoms with Crippen LogP contribution in [0.15, 0.2) is 24.3 Å². The lowest BCUT2D eigenvalue weighted by Gasteiger charge is -2.15. The van der Waals surface area contributed by atoms with Crippen LogP contribution in [0, 0.1) is 0 Å². The Bertz CT molecular complexity index is 360. The normalized spacial score (nSPS) is 12.2. The number of methoxy groups -OCH3 is 1. The number of nitrogens with one attached hydrogen (secondary N) is 1. The highest BCUT2D eigenvalue weighted by molar-refractivity contribution is 9.09. The molecule has 0 heterocycles. The van der Waals surface area contributed by atoms with Gasteiger partial charge in [0.1, 0.15) is 0 Å². The van der Waals surface area contributed by atoms with E-state index in [9.17, 15) is 4.79 Å². The van der Waals surface area contributed by atoms with Crippen molar-refractivity contribution in [2.45, 2.75) is 6.04 Å². The van der Waals surface area contributed by atoms with Crippen molar-refractivity contribution in [3.63, 3.8) is 0 Å². The summed E-state index contributed by atoms with van der Waals surface area (Å²) in [4.78, 5) is 11.8. The van der Waals surface area contributed by atoms with Gasteiger partial charge in [-0.1, -0.05) is 33.6 Å². The molecule has 1 aromatic carbocycles.